The first-order chi connectivity index (χ1) is 6.61. The Balaban J connectivity index is 2.59. The van der Waals surface area contributed by atoms with Gasteiger partial charge in [0.25, 0.3) is 0 Å². The molecule has 0 atom stereocenters. The van der Waals surface area contributed by atoms with Gasteiger partial charge in [0.1, 0.15) is 6.54 Å². The smallest absolute Gasteiger partial charge is 0.325 e. The summed E-state index contributed by atoms with van der Waals surface area (Å²) in [6.07, 6.45) is 2.78. The van der Waals surface area contributed by atoms with E-state index in [1.807, 2.05) is 0 Å². The number of carbonyl (C=O) groups excluding carboxylic acids is 1. The third-order valence-electron chi connectivity index (χ3n) is 1.40. The summed E-state index contributed by atoms with van der Waals surface area (Å²) in [4.78, 5) is 21.1. The number of carboxylic acids is 1. The van der Waals surface area contributed by atoms with E-state index in [2.05, 4.69) is 10.4 Å². The lowest BCUT2D eigenvalue weighted by molar-refractivity contribution is -0.137. The summed E-state index contributed by atoms with van der Waals surface area (Å²) in [5.41, 5.74) is 5.51. The molecule has 1 rings (SSSR count). The zero-order valence-corrected chi connectivity index (χ0v) is 7.30. The van der Waals surface area contributed by atoms with Gasteiger partial charge in [0, 0.05) is 6.20 Å². The highest BCUT2D eigenvalue weighted by atomic mass is 16.4. The summed E-state index contributed by atoms with van der Waals surface area (Å²) < 4.78 is 1.20. The molecule has 1 aromatic heterocycles. The SMILES string of the molecule is NCC(=O)Nc1cnn(CC(=O)O)c1. The van der Waals surface area contributed by atoms with Crippen LogP contribution in [0.4, 0.5) is 5.69 Å². The van der Waals surface area contributed by atoms with Gasteiger partial charge in [-0.1, -0.05) is 0 Å². The van der Waals surface area contributed by atoms with Gasteiger partial charge >= 0.3 is 5.97 Å². The molecule has 0 radical (unpaired) electrons. The van der Waals surface area contributed by atoms with Crippen LogP contribution in [0.15, 0.2) is 12.4 Å². The molecule has 0 saturated heterocycles. The van der Waals surface area contributed by atoms with Gasteiger partial charge in [-0.05, 0) is 0 Å². The van der Waals surface area contributed by atoms with Crippen molar-refractivity contribution in [3.63, 3.8) is 0 Å². The quantitative estimate of drug-likeness (QED) is 0.566. The standard InChI is InChI=1S/C7H10N4O3/c8-1-6(12)10-5-2-9-11(3-5)4-7(13)14/h2-3H,1,4,8H2,(H,10,12)(H,13,14). The predicted molar refractivity (Wildman–Crippen MR) is 47.5 cm³/mol. The fourth-order valence-electron chi connectivity index (χ4n) is 0.865. The van der Waals surface area contributed by atoms with Crippen molar-refractivity contribution in [1.29, 1.82) is 0 Å². The number of nitrogens with two attached hydrogens (primary N) is 1. The van der Waals surface area contributed by atoms with Crippen LogP contribution in [0.25, 0.3) is 0 Å². The van der Waals surface area contributed by atoms with Crippen molar-refractivity contribution >= 4 is 17.6 Å². The summed E-state index contributed by atoms with van der Waals surface area (Å²) in [6.45, 7) is -0.359. The van der Waals surface area contributed by atoms with Crippen molar-refractivity contribution in [2.75, 3.05) is 11.9 Å². The number of aliphatic carboxylic acids is 1. The third-order valence-corrected chi connectivity index (χ3v) is 1.40. The van der Waals surface area contributed by atoms with Crippen LogP contribution < -0.4 is 11.1 Å². The van der Waals surface area contributed by atoms with E-state index in [0.29, 0.717) is 5.69 Å². The number of amides is 1. The molecule has 0 aliphatic heterocycles. The molecule has 7 nitrogen and oxygen atoms in total. The lowest BCUT2D eigenvalue weighted by Crippen LogP contribution is -2.21. The van der Waals surface area contributed by atoms with E-state index in [4.69, 9.17) is 10.8 Å². The molecule has 76 valence electrons. The van der Waals surface area contributed by atoms with Crippen LogP contribution in [0.2, 0.25) is 0 Å². The second-order valence-corrected chi connectivity index (χ2v) is 2.57. The molecule has 0 fully saturated rings. The van der Waals surface area contributed by atoms with Crippen LogP contribution in [0, 0.1) is 0 Å². The largest absolute Gasteiger partial charge is 0.480 e. The maximum atomic E-state index is 10.8. The van der Waals surface area contributed by atoms with E-state index in [1.54, 1.807) is 0 Å². The molecule has 0 aromatic carbocycles. The van der Waals surface area contributed by atoms with Crippen LogP contribution in [0.5, 0.6) is 0 Å². The van der Waals surface area contributed by atoms with E-state index in [1.165, 1.54) is 17.1 Å². The highest BCUT2D eigenvalue weighted by Crippen LogP contribution is 2.03. The molecule has 0 spiro atoms. The first-order valence-corrected chi connectivity index (χ1v) is 3.86. The second kappa shape index (κ2) is 4.38. The van der Waals surface area contributed by atoms with Gasteiger partial charge in [-0.2, -0.15) is 5.10 Å². The van der Waals surface area contributed by atoms with Crippen molar-refractivity contribution in [1.82, 2.24) is 9.78 Å². The molecule has 7 heteroatoms. The Morgan fingerprint density at radius 1 is 1.64 bits per heavy atom. The van der Waals surface area contributed by atoms with Crippen molar-refractivity contribution in [2.45, 2.75) is 6.54 Å². The van der Waals surface area contributed by atoms with Gasteiger partial charge in [0.2, 0.25) is 5.91 Å². The number of carbonyl (C=O) groups is 2. The van der Waals surface area contributed by atoms with Crippen LogP contribution in [-0.2, 0) is 16.1 Å². The number of aromatic nitrogens is 2. The van der Waals surface area contributed by atoms with Gasteiger partial charge in [-0.15, -0.1) is 0 Å². The minimum Gasteiger partial charge on any atom is -0.480 e. The van der Waals surface area contributed by atoms with Crippen molar-refractivity contribution in [3.8, 4) is 0 Å². The van der Waals surface area contributed by atoms with Crippen molar-refractivity contribution in [2.24, 2.45) is 5.73 Å². The molecular weight excluding hydrogens is 188 g/mol. The van der Waals surface area contributed by atoms with E-state index >= 15 is 0 Å². The Labute approximate surface area is 79.5 Å². The monoisotopic (exact) mass is 198 g/mol. The average molecular weight is 198 g/mol. The summed E-state index contributed by atoms with van der Waals surface area (Å²) in [6, 6.07) is 0. The Kier molecular flexibility index (Phi) is 3.19. The number of anilines is 1. The fraction of sp³-hybridized carbons (Fsp3) is 0.286. The van der Waals surface area contributed by atoms with E-state index in [-0.39, 0.29) is 19.0 Å². The van der Waals surface area contributed by atoms with Crippen LogP contribution in [-0.4, -0.2) is 33.3 Å². The highest BCUT2D eigenvalue weighted by Gasteiger charge is 2.04. The number of hydrogen-bond acceptors (Lipinski definition) is 4. The Morgan fingerprint density at radius 3 is 2.93 bits per heavy atom. The molecule has 0 unspecified atom stereocenters. The summed E-state index contributed by atoms with van der Waals surface area (Å²) in [5, 5.41) is 14.6. The van der Waals surface area contributed by atoms with E-state index < -0.39 is 5.97 Å². The Morgan fingerprint density at radius 2 is 2.36 bits per heavy atom. The number of nitrogens with zero attached hydrogens (tertiary/aromatic N) is 2. The van der Waals surface area contributed by atoms with Gasteiger partial charge in [0.15, 0.2) is 0 Å². The van der Waals surface area contributed by atoms with Crippen LogP contribution >= 0.6 is 0 Å². The minimum atomic E-state index is -0.996. The zero-order valence-electron chi connectivity index (χ0n) is 7.30. The molecule has 0 aliphatic rings. The normalized spacial score (nSPS) is 9.79. The molecule has 14 heavy (non-hydrogen) atoms. The molecule has 1 aromatic rings. The Hall–Kier alpha value is -1.89. The molecule has 1 heterocycles. The minimum absolute atomic E-state index is 0.121. The van der Waals surface area contributed by atoms with E-state index in [0.717, 1.165) is 0 Å². The number of hydrogen-bond donors (Lipinski definition) is 3. The summed E-state index contributed by atoms with van der Waals surface area (Å²) >= 11 is 0. The Bertz CT molecular complexity index is 346. The maximum absolute atomic E-state index is 10.8. The zero-order chi connectivity index (χ0) is 10.6. The predicted octanol–water partition coefficient (Wildman–Crippen LogP) is -1.14. The van der Waals surface area contributed by atoms with Crippen molar-refractivity contribution < 1.29 is 14.7 Å². The number of carboxylic acid groups (broad SMARTS) is 1. The fourth-order valence-corrected chi connectivity index (χ4v) is 0.865. The summed E-state index contributed by atoms with van der Waals surface area (Å²) in [7, 11) is 0. The van der Waals surface area contributed by atoms with Crippen molar-refractivity contribution in [3.05, 3.63) is 12.4 Å². The van der Waals surface area contributed by atoms with Gasteiger partial charge in [0.05, 0.1) is 18.4 Å². The summed E-state index contributed by atoms with van der Waals surface area (Å²) in [5.74, 6) is -1.34. The topological polar surface area (TPSA) is 110 Å². The molecule has 0 aliphatic carbocycles. The van der Waals surface area contributed by atoms with Gasteiger partial charge < -0.3 is 16.2 Å². The lowest BCUT2D eigenvalue weighted by atomic mass is 10.5. The first-order valence-electron chi connectivity index (χ1n) is 3.86. The number of nitrogens with one attached hydrogen (secondary N) is 1. The number of rotatable bonds is 4. The molecule has 1 amide bonds. The third kappa shape index (κ3) is 2.87. The highest BCUT2D eigenvalue weighted by molar-refractivity contribution is 5.91. The molecule has 4 N–H and O–H groups in total. The van der Waals surface area contributed by atoms with Crippen LogP contribution in [0.1, 0.15) is 0 Å². The maximum Gasteiger partial charge on any atom is 0.325 e. The molecule has 0 saturated carbocycles. The molecule has 0 bridgehead atoms. The second-order valence-electron chi connectivity index (χ2n) is 2.57. The molecular formula is C7H10N4O3. The van der Waals surface area contributed by atoms with Gasteiger partial charge in [-0.25, -0.2) is 0 Å². The van der Waals surface area contributed by atoms with Crippen LogP contribution in [0.3, 0.4) is 0 Å². The van der Waals surface area contributed by atoms with Gasteiger partial charge in [-0.3, -0.25) is 14.3 Å². The first kappa shape index (κ1) is 10.2. The lowest BCUT2D eigenvalue weighted by Gasteiger charge is -1.97. The average Bonchev–Trinajstić information content (AvgIpc) is 2.51. The van der Waals surface area contributed by atoms with E-state index in [9.17, 15) is 9.59 Å².